The molecule has 0 spiro atoms. The van der Waals surface area contributed by atoms with Crippen LogP contribution in [0.3, 0.4) is 0 Å². The van der Waals surface area contributed by atoms with Crippen LogP contribution in [0.1, 0.15) is 96.8 Å². The van der Waals surface area contributed by atoms with Crippen LogP contribution in [0.5, 0.6) is 0 Å². The van der Waals surface area contributed by atoms with Gasteiger partial charge in [-0.3, -0.25) is 13.8 Å². The highest BCUT2D eigenvalue weighted by molar-refractivity contribution is 7.47. The summed E-state index contributed by atoms with van der Waals surface area (Å²) in [4.78, 5) is 21.1. The van der Waals surface area contributed by atoms with Gasteiger partial charge in [0.1, 0.15) is 6.10 Å². The lowest BCUT2D eigenvalue weighted by molar-refractivity contribution is -0.121. The summed E-state index contributed by atoms with van der Waals surface area (Å²) in [7, 11) is -4.29. The number of hydrogen-bond donors (Lipinski definition) is 4. The third-order valence-corrected chi connectivity index (χ3v) is 5.81. The van der Waals surface area contributed by atoms with E-state index in [-0.39, 0.29) is 19.1 Å². The number of aliphatic hydroxyl groups is 2. The van der Waals surface area contributed by atoms with E-state index in [1.807, 2.05) is 0 Å². The number of aliphatic hydroxyl groups excluding tert-OH is 2. The Morgan fingerprint density at radius 3 is 1.90 bits per heavy atom. The zero-order chi connectivity index (χ0) is 22.5. The number of phosphoric ester groups is 1. The van der Waals surface area contributed by atoms with Crippen molar-refractivity contribution in [1.82, 2.24) is 5.32 Å². The van der Waals surface area contributed by atoms with Crippen molar-refractivity contribution in [2.45, 2.75) is 103 Å². The minimum atomic E-state index is -4.29. The maximum absolute atomic E-state index is 11.7. The average molecular weight is 454 g/mol. The number of unbranched alkanes of at least 4 members (excludes halogenated alkanes) is 12. The monoisotopic (exact) mass is 453 g/mol. The number of carbonyl (C=O) groups is 1. The fourth-order valence-electron chi connectivity index (χ4n) is 3.01. The van der Waals surface area contributed by atoms with Gasteiger partial charge < -0.3 is 20.4 Å². The summed E-state index contributed by atoms with van der Waals surface area (Å²) in [5.74, 6) is -0.105. The molecule has 0 saturated heterocycles. The minimum Gasteiger partial charge on any atom is -0.394 e. The molecule has 0 radical (unpaired) electrons. The van der Waals surface area contributed by atoms with Crippen molar-refractivity contribution in [3.63, 3.8) is 0 Å². The summed E-state index contributed by atoms with van der Waals surface area (Å²) >= 11 is 0. The highest BCUT2D eigenvalue weighted by atomic mass is 31.2. The molecule has 30 heavy (non-hydrogen) atoms. The molecule has 180 valence electrons. The Kier molecular flexibility index (Phi) is 20.1. The van der Waals surface area contributed by atoms with Crippen LogP contribution < -0.4 is 5.32 Å². The summed E-state index contributed by atoms with van der Waals surface area (Å²) in [6, 6.07) is 0. The lowest BCUT2D eigenvalue weighted by Crippen LogP contribution is -2.27. The maximum atomic E-state index is 11.7. The Morgan fingerprint density at radius 2 is 1.40 bits per heavy atom. The Bertz CT molecular complexity index is 451. The third-order valence-electron chi connectivity index (χ3n) is 4.83. The molecule has 0 aromatic heterocycles. The largest absolute Gasteiger partial charge is 0.472 e. The lowest BCUT2D eigenvalue weighted by Gasteiger charge is -2.14. The molecule has 0 bridgehead atoms. The summed E-state index contributed by atoms with van der Waals surface area (Å²) in [5.41, 5.74) is 0. The van der Waals surface area contributed by atoms with Crippen molar-refractivity contribution in [2.75, 3.05) is 26.4 Å². The zero-order valence-electron chi connectivity index (χ0n) is 18.7. The first-order valence-corrected chi connectivity index (χ1v) is 13.1. The number of phosphoric acid groups is 1. The molecule has 0 aromatic carbocycles. The van der Waals surface area contributed by atoms with Crippen LogP contribution in [0.2, 0.25) is 0 Å². The van der Waals surface area contributed by atoms with E-state index >= 15 is 0 Å². The van der Waals surface area contributed by atoms with Crippen LogP contribution in [-0.2, 0) is 18.4 Å². The number of nitrogens with one attached hydrogen (secondary N) is 1. The van der Waals surface area contributed by atoms with E-state index < -0.39 is 27.1 Å². The van der Waals surface area contributed by atoms with Crippen LogP contribution in [0.4, 0.5) is 0 Å². The molecule has 8 nitrogen and oxygen atoms in total. The van der Waals surface area contributed by atoms with Crippen LogP contribution in [0.15, 0.2) is 0 Å². The van der Waals surface area contributed by atoms with Crippen LogP contribution in [0, 0.1) is 0 Å². The van der Waals surface area contributed by atoms with E-state index in [0.717, 1.165) is 19.3 Å². The molecule has 0 aliphatic heterocycles. The molecule has 0 saturated carbocycles. The van der Waals surface area contributed by atoms with Crippen molar-refractivity contribution in [1.29, 1.82) is 0 Å². The van der Waals surface area contributed by atoms with E-state index in [2.05, 4.69) is 21.3 Å². The van der Waals surface area contributed by atoms with E-state index in [1.54, 1.807) is 0 Å². The Hall–Kier alpha value is -0.500. The molecular formula is C21H44NO7P. The van der Waals surface area contributed by atoms with Gasteiger partial charge in [0.2, 0.25) is 5.91 Å². The number of rotatable bonds is 22. The normalized spacial score (nSPS) is 14.4. The molecule has 1 unspecified atom stereocenters. The van der Waals surface area contributed by atoms with Gasteiger partial charge >= 0.3 is 7.82 Å². The minimum absolute atomic E-state index is 0.105. The van der Waals surface area contributed by atoms with Crippen molar-refractivity contribution >= 4 is 13.7 Å². The van der Waals surface area contributed by atoms with Crippen LogP contribution >= 0.6 is 7.82 Å². The quantitative estimate of drug-likeness (QED) is 0.144. The first-order valence-electron chi connectivity index (χ1n) is 11.6. The van der Waals surface area contributed by atoms with Gasteiger partial charge in [-0.25, -0.2) is 4.57 Å². The smallest absolute Gasteiger partial charge is 0.394 e. The SMILES string of the molecule is CCCCCCCCCCCCCCCC(=O)NCCOP(=O)(O)OC[C@@H](O)CO. The van der Waals surface area contributed by atoms with E-state index in [1.165, 1.54) is 64.2 Å². The van der Waals surface area contributed by atoms with E-state index in [9.17, 15) is 14.3 Å². The Labute approximate surface area is 182 Å². The summed E-state index contributed by atoms with van der Waals surface area (Å²) < 4.78 is 20.7. The molecular weight excluding hydrogens is 409 g/mol. The third kappa shape index (κ3) is 20.8. The van der Waals surface area contributed by atoms with Crippen LogP contribution in [0.25, 0.3) is 0 Å². The summed E-state index contributed by atoms with van der Waals surface area (Å²) in [5, 5.41) is 20.3. The zero-order valence-corrected chi connectivity index (χ0v) is 19.6. The number of carbonyl (C=O) groups excluding carboxylic acids is 1. The summed E-state index contributed by atoms with van der Waals surface area (Å²) in [6.07, 6.45) is 15.5. The van der Waals surface area contributed by atoms with Crippen molar-refractivity contribution in [3.05, 3.63) is 0 Å². The van der Waals surface area contributed by atoms with E-state index in [0.29, 0.717) is 6.42 Å². The molecule has 0 rings (SSSR count). The van der Waals surface area contributed by atoms with Gasteiger partial charge in [0, 0.05) is 13.0 Å². The molecule has 0 aliphatic rings. The molecule has 2 atom stereocenters. The van der Waals surface area contributed by atoms with E-state index in [4.69, 9.17) is 10.2 Å². The Balaban J connectivity index is 3.41. The predicted molar refractivity (Wildman–Crippen MR) is 118 cm³/mol. The second-order valence-corrected chi connectivity index (χ2v) is 9.23. The Morgan fingerprint density at radius 1 is 0.900 bits per heavy atom. The van der Waals surface area contributed by atoms with Gasteiger partial charge in [0.25, 0.3) is 0 Å². The van der Waals surface area contributed by atoms with Crippen LogP contribution in [-0.4, -0.2) is 53.5 Å². The molecule has 0 aromatic rings. The predicted octanol–water partition coefficient (Wildman–Crippen LogP) is 4.07. The van der Waals surface area contributed by atoms with Gasteiger partial charge in [-0.1, -0.05) is 84.0 Å². The molecule has 0 heterocycles. The standard InChI is InChI=1S/C21H44NO7P/c1-2-3-4-5-6-7-8-9-10-11-12-13-14-15-21(25)22-16-17-28-30(26,27)29-19-20(24)18-23/h20,23-24H,2-19H2,1H3,(H,22,25)(H,26,27)/t20-/m0/s1. The fraction of sp³-hybridized carbons (Fsp3) is 0.952. The van der Waals surface area contributed by atoms with Gasteiger partial charge in [0.05, 0.1) is 19.8 Å². The average Bonchev–Trinajstić information content (AvgIpc) is 2.73. The second kappa shape index (κ2) is 20.4. The van der Waals surface area contributed by atoms with Crippen molar-refractivity contribution in [3.8, 4) is 0 Å². The number of hydrogen-bond acceptors (Lipinski definition) is 6. The molecule has 4 N–H and O–H groups in total. The van der Waals surface area contributed by atoms with Gasteiger partial charge in [-0.05, 0) is 6.42 Å². The first kappa shape index (κ1) is 29.5. The van der Waals surface area contributed by atoms with Gasteiger partial charge in [-0.2, -0.15) is 0 Å². The topological polar surface area (TPSA) is 125 Å². The highest BCUT2D eigenvalue weighted by Crippen LogP contribution is 2.42. The lowest BCUT2D eigenvalue weighted by atomic mass is 10.0. The molecule has 0 aliphatic carbocycles. The van der Waals surface area contributed by atoms with Crippen molar-refractivity contribution < 1.29 is 33.5 Å². The maximum Gasteiger partial charge on any atom is 0.472 e. The first-order chi connectivity index (χ1) is 14.4. The van der Waals surface area contributed by atoms with Gasteiger partial charge in [-0.15, -0.1) is 0 Å². The number of amides is 1. The fourth-order valence-corrected chi connectivity index (χ4v) is 3.77. The molecule has 1 amide bonds. The molecule has 9 heteroatoms. The highest BCUT2D eigenvalue weighted by Gasteiger charge is 2.22. The van der Waals surface area contributed by atoms with Crippen molar-refractivity contribution in [2.24, 2.45) is 0 Å². The summed E-state index contributed by atoms with van der Waals surface area (Å²) in [6.45, 7) is 1.10. The van der Waals surface area contributed by atoms with Gasteiger partial charge in [0.15, 0.2) is 0 Å². The second-order valence-electron chi connectivity index (χ2n) is 7.78. The molecule has 0 fully saturated rings.